The maximum Gasteiger partial charge on any atom is 0.239 e. The fourth-order valence-electron chi connectivity index (χ4n) is 7.11. The van der Waals surface area contributed by atoms with Crippen molar-refractivity contribution in [2.24, 2.45) is 15.0 Å². The molecule has 2 aliphatic heterocycles. The van der Waals surface area contributed by atoms with Crippen LogP contribution in [0.1, 0.15) is 39.5 Å². The fourth-order valence-corrected chi connectivity index (χ4v) is 8.15. The van der Waals surface area contributed by atoms with Gasteiger partial charge in [-0.25, -0.2) is 14.9 Å². The van der Waals surface area contributed by atoms with Crippen molar-refractivity contribution < 1.29 is 0 Å². The molecule has 2 heterocycles. The molecule has 8 heteroatoms. The summed E-state index contributed by atoms with van der Waals surface area (Å²) >= 11 is 27.4. The van der Waals surface area contributed by atoms with Gasteiger partial charge in [0.15, 0.2) is 0 Å². The predicted octanol–water partition coefficient (Wildman–Crippen LogP) is 11.4. The van der Waals surface area contributed by atoms with Crippen LogP contribution in [0.3, 0.4) is 0 Å². The molecule has 0 spiro atoms. The Morgan fingerprint density at radius 1 is 0.540 bits per heavy atom. The summed E-state index contributed by atoms with van der Waals surface area (Å²) in [6.45, 7) is 0. The van der Waals surface area contributed by atoms with Crippen LogP contribution < -0.4 is 0 Å². The lowest BCUT2D eigenvalue weighted by Crippen LogP contribution is -2.57. The van der Waals surface area contributed by atoms with E-state index in [9.17, 15) is 0 Å². The highest BCUT2D eigenvalue weighted by atomic mass is 35.5. The van der Waals surface area contributed by atoms with Crippen LogP contribution in [0.5, 0.6) is 0 Å². The Labute approximate surface area is 311 Å². The van der Waals surface area contributed by atoms with Gasteiger partial charge in [0, 0.05) is 31.8 Å². The van der Waals surface area contributed by atoms with Crippen molar-refractivity contribution in [3.05, 3.63) is 211 Å². The van der Waals surface area contributed by atoms with E-state index in [1.54, 1.807) is 12.1 Å². The Morgan fingerprint density at radius 2 is 1.06 bits per heavy atom. The number of rotatable bonds is 7. The molecule has 0 N–H and O–H groups in total. The minimum absolute atomic E-state index is 0.414. The normalized spacial score (nSPS) is 19.7. The van der Waals surface area contributed by atoms with Gasteiger partial charge in [-0.05, 0) is 41.0 Å². The van der Waals surface area contributed by atoms with Gasteiger partial charge in [0.25, 0.3) is 0 Å². The van der Waals surface area contributed by atoms with Crippen LogP contribution >= 0.6 is 46.4 Å². The molecule has 6 aromatic carbocycles. The lowest BCUT2D eigenvalue weighted by molar-refractivity contribution is 0.0132. The van der Waals surface area contributed by atoms with E-state index in [0.29, 0.717) is 31.4 Å². The minimum atomic E-state index is -1.47. The molecule has 2 atom stereocenters. The standard InChI is InChI=1S/C42H28Cl4N4/c43-32-21-23-34(36(45)25-32)40-48-39(29-15-7-2-8-16-29)41(30-17-9-3-10-18-30,31-19-11-4-12-20-31)50(40)42(35-24-22-33(44)26-37(35)46)47-27-38(49-42)28-13-5-1-6-14-28/h1-27,40H. The van der Waals surface area contributed by atoms with Gasteiger partial charge < -0.3 is 0 Å². The average Bonchev–Trinajstić information content (AvgIpc) is 3.75. The zero-order valence-corrected chi connectivity index (χ0v) is 29.5. The van der Waals surface area contributed by atoms with Crippen LogP contribution in [0, 0.1) is 0 Å². The summed E-state index contributed by atoms with van der Waals surface area (Å²) in [5, 5.41) is 1.90. The molecule has 0 aliphatic carbocycles. The fraction of sp³-hybridized carbons (Fsp3) is 0.0714. The molecular formula is C42H28Cl4N4. The van der Waals surface area contributed by atoms with Gasteiger partial charge in [-0.15, -0.1) is 0 Å². The first-order chi connectivity index (χ1) is 24.4. The first kappa shape index (κ1) is 32.6. The number of hydrogen-bond donors (Lipinski definition) is 0. The van der Waals surface area contributed by atoms with Gasteiger partial charge in [-0.2, -0.15) is 0 Å². The molecule has 0 saturated carbocycles. The SMILES string of the molecule is Clc1ccc(C2N=C(c3ccccc3)C(c3ccccc3)(c3ccccc3)N2C2(c3ccc(Cl)cc3Cl)N=CC(c3ccccc3)=N2)c(Cl)c1. The molecule has 0 bridgehead atoms. The minimum Gasteiger partial charge on any atom is -0.262 e. The maximum atomic E-state index is 7.22. The van der Waals surface area contributed by atoms with E-state index in [1.165, 1.54) is 0 Å². The van der Waals surface area contributed by atoms with Crippen molar-refractivity contribution >= 4 is 64.0 Å². The molecule has 0 radical (unpaired) electrons. The third kappa shape index (κ3) is 5.40. The van der Waals surface area contributed by atoms with E-state index in [0.717, 1.165) is 33.5 Å². The second-order valence-corrected chi connectivity index (χ2v) is 13.8. The Hall–Kier alpha value is -4.55. The molecule has 50 heavy (non-hydrogen) atoms. The van der Waals surface area contributed by atoms with Crippen molar-refractivity contribution in [2.45, 2.75) is 17.5 Å². The third-order valence-electron chi connectivity index (χ3n) is 9.21. The summed E-state index contributed by atoms with van der Waals surface area (Å²) in [4.78, 5) is 18.9. The van der Waals surface area contributed by atoms with Gasteiger partial charge in [0.2, 0.25) is 5.79 Å². The van der Waals surface area contributed by atoms with Crippen LogP contribution in [0.2, 0.25) is 20.1 Å². The van der Waals surface area contributed by atoms with Crippen molar-refractivity contribution in [3.63, 3.8) is 0 Å². The maximum absolute atomic E-state index is 7.22. The summed E-state index contributed by atoms with van der Waals surface area (Å²) < 4.78 is 0. The molecular weight excluding hydrogens is 702 g/mol. The molecule has 2 aliphatic rings. The predicted molar refractivity (Wildman–Crippen MR) is 207 cm³/mol. The summed E-state index contributed by atoms with van der Waals surface area (Å²) in [6.07, 6.45) is 1.10. The zero-order valence-electron chi connectivity index (χ0n) is 26.5. The van der Waals surface area contributed by atoms with Gasteiger partial charge in [0.1, 0.15) is 11.7 Å². The quantitative estimate of drug-likeness (QED) is 0.161. The molecule has 2 unspecified atom stereocenters. The van der Waals surface area contributed by atoms with E-state index < -0.39 is 17.5 Å². The molecule has 6 aromatic rings. The van der Waals surface area contributed by atoms with E-state index in [2.05, 4.69) is 41.3 Å². The highest BCUT2D eigenvalue weighted by Crippen LogP contribution is 2.58. The lowest BCUT2D eigenvalue weighted by Gasteiger charge is -2.49. The molecule has 0 aromatic heterocycles. The smallest absolute Gasteiger partial charge is 0.239 e. The monoisotopic (exact) mass is 728 g/mol. The first-order valence-electron chi connectivity index (χ1n) is 16.1. The van der Waals surface area contributed by atoms with E-state index in [-0.39, 0.29) is 0 Å². The van der Waals surface area contributed by atoms with Crippen molar-refractivity contribution in [1.29, 1.82) is 0 Å². The summed E-state index contributed by atoms with van der Waals surface area (Å²) in [5.74, 6) is -1.47. The highest BCUT2D eigenvalue weighted by molar-refractivity contribution is 6.40. The van der Waals surface area contributed by atoms with Gasteiger partial charge in [0.05, 0.1) is 22.7 Å². The van der Waals surface area contributed by atoms with Crippen molar-refractivity contribution in [1.82, 2.24) is 4.90 Å². The second-order valence-electron chi connectivity index (χ2n) is 12.1. The molecule has 0 fully saturated rings. The molecule has 8 rings (SSSR count). The molecule has 4 nitrogen and oxygen atoms in total. The number of halogens is 4. The molecule has 0 amide bonds. The highest BCUT2D eigenvalue weighted by Gasteiger charge is 2.62. The van der Waals surface area contributed by atoms with E-state index in [4.69, 9.17) is 61.4 Å². The Balaban J connectivity index is 1.56. The van der Waals surface area contributed by atoms with Crippen molar-refractivity contribution in [3.8, 4) is 0 Å². The van der Waals surface area contributed by atoms with E-state index >= 15 is 0 Å². The number of benzene rings is 6. The van der Waals surface area contributed by atoms with Crippen molar-refractivity contribution in [2.75, 3.05) is 0 Å². The Kier molecular flexibility index (Phi) is 8.68. The molecule has 244 valence electrons. The number of nitrogens with zero attached hydrogens (tertiary/aromatic N) is 4. The van der Waals surface area contributed by atoms with Crippen LogP contribution in [-0.4, -0.2) is 22.5 Å². The number of hydrogen-bond acceptors (Lipinski definition) is 4. The summed E-state index contributed by atoms with van der Waals surface area (Å²) in [6, 6.07) is 51.9. The van der Waals surface area contributed by atoms with Gasteiger partial charge >= 0.3 is 0 Å². The third-order valence-corrected chi connectivity index (χ3v) is 10.3. The lowest BCUT2D eigenvalue weighted by atomic mass is 9.74. The van der Waals surface area contributed by atoms with Crippen LogP contribution in [0.25, 0.3) is 0 Å². The topological polar surface area (TPSA) is 40.3 Å². The average molecular weight is 731 g/mol. The summed E-state index contributed by atoms with van der Waals surface area (Å²) in [7, 11) is 0. The van der Waals surface area contributed by atoms with Crippen LogP contribution in [0.15, 0.2) is 173 Å². The largest absolute Gasteiger partial charge is 0.262 e. The van der Waals surface area contributed by atoms with Gasteiger partial charge in [-0.3, -0.25) is 4.99 Å². The van der Waals surface area contributed by atoms with E-state index in [1.807, 2.05) is 115 Å². The second kappa shape index (κ2) is 13.3. The zero-order chi connectivity index (χ0) is 34.3. The number of aliphatic imine (C=N–C) groups is 3. The van der Waals surface area contributed by atoms with Gasteiger partial charge in [-0.1, -0.05) is 180 Å². The first-order valence-corrected chi connectivity index (χ1v) is 17.6. The van der Waals surface area contributed by atoms with Crippen LogP contribution in [0.4, 0.5) is 0 Å². The Morgan fingerprint density at radius 3 is 1.62 bits per heavy atom. The molecule has 0 saturated heterocycles. The summed E-state index contributed by atoms with van der Waals surface area (Å²) in [5.41, 5.74) is 5.56. The van der Waals surface area contributed by atoms with Crippen LogP contribution in [-0.2, 0) is 11.3 Å². The Bertz CT molecular complexity index is 2240.